The number of aryl methyl sites for hydroxylation is 2. The van der Waals surface area contributed by atoms with Crippen molar-refractivity contribution in [3.63, 3.8) is 0 Å². The van der Waals surface area contributed by atoms with Crippen molar-refractivity contribution < 1.29 is 36.8 Å². The number of aromatic nitrogens is 2. The monoisotopic (exact) mass is 1100 g/mol. The van der Waals surface area contributed by atoms with Crippen molar-refractivity contribution in [3.05, 3.63) is 223 Å². The summed E-state index contributed by atoms with van der Waals surface area (Å²) in [6.45, 7) is 7.43. The SMILES string of the molecule is [2H]C([2H])([2H])c1ccnc(-n2c3[c-]c(Oc4[c-]c(N5[CH-]N(c6c(-c7ccc(-c8ccc(C([2H])([2H])C(C)C)c(C([2H])([2H])[2H])c8)cc7)cccc6-c6ccc(C(C)(C)C)cc6)c6ccccc65)ccc4)ccc3c3ccccc32)c1.[Pt]. The van der Waals surface area contributed by atoms with Crippen molar-refractivity contribution >= 4 is 44.6 Å². The van der Waals surface area contributed by atoms with Crippen LogP contribution >= 0.6 is 0 Å². The first-order chi connectivity index (χ1) is 36.6. The average molecular weight is 1100 g/mol. The number of nitrogens with zero attached hydrogens (tertiary/aromatic N) is 4. The first-order valence-corrected chi connectivity index (χ1v) is 23.3. The van der Waals surface area contributed by atoms with E-state index in [1.807, 2.05) is 89.5 Å². The quantitative estimate of drug-likeness (QED) is 0.128. The van der Waals surface area contributed by atoms with E-state index in [1.54, 1.807) is 32.0 Å². The van der Waals surface area contributed by atoms with Crippen LogP contribution in [0.3, 0.4) is 0 Å². The summed E-state index contributed by atoms with van der Waals surface area (Å²) in [4.78, 5) is 8.95. The molecule has 10 aromatic rings. The summed E-state index contributed by atoms with van der Waals surface area (Å²) in [6, 6.07) is 64.3. The molecule has 6 heteroatoms. The number of anilines is 4. The minimum atomic E-state index is -2.51. The number of hydrogen-bond donors (Lipinski definition) is 0. The van der Waals surface area contributed by atoms with E-state index in [9.17, 15) is 0 Å². The summed E-state index contributed by atoms with van der Waals surface area (Å²) in [5, 5.41) is 1.89. The van der Waals surface area contributed by atoms with Gasteiger partial charge in [-0.05, 0) is 112 Å². The Morgan fingerprint density at radius 1 is 0.643 bits per heavy atom. The normalized spacial score (nSPS) is 14.7. The molecule has 0 radical (unpaired) electrons. The van der Waals surface area contributed by atoms with Gasteiger partial charge in [-0.25, -0.2) is 4.98 Å². The van der Waals surface area contributed by atoms with Gasteiger partial charge in [0.05, 0.1) is 0 Å². The standard InChI is InChI=1S/C64H55N4O.Pt/c1-42(2)36-48-26-27-49(38-44(48)4)45-22-24-46(25-23-45)54-17-13-18-55(47-28-30-50(31-29-47)64(5,6)7)63(54)67-41-66(59-20-10-11-21-60(59)67)51-14-12-15-52(39-51)69-53-32-33-57-56-16-8-9-19-58(56)68(61(57)40-53)62-37-43(3)34-35-65-62;/h8-35,37-38,41-42H,36H2,1-7H3;/q-3;/i3D3,4D3,36D2;. The predicted octanol–water partition coefficient (Wildman–Crippen LogP) is 17.1. The maximum Gasteiger partial charge on any atom is 0.135 e. The maximum atomic E-state index is 8.78. The van der Waals surface area contributed by atoms with E-state index in [4.69, 9.17) is 15.7 Å². The first kappa shape index (κ1) is 37.7. The molecule has 8 aromatic carbocycles. The summed E-state index contributed by atoms with van der Waals surface area (Å²) < 4.78 is 75.4. The molecular weight excluding hydrogens is 1040 g/mol. The van der Waals surface area contributed by atoms with Crippen LogP contribution in [-0.2, 0) is 32.9 Å². The van der Waals surface area contributed by atoms with Crippen LogP contribution in [0.15, 0.2) is 182 Å². The second-order valence-electron chi connectivity index (χ2n) is 18.9. The summed E-state index contributed by atoms with van der Waals surface area (Å²) in [7, 11) is 0. The Labute approximate surface area is 438 Å². The molecule has 0 spiro atoms. The molecule has 0 N–H and O–H groups in total. The van der Waals surface area contributed by atoms with Gasteiger partial charge in [0.2, 0.25) is 0 Å². The molecule has 0 bridgehead atoms. The molecule has 0 unspecified atom stereocenters. The van der Waals surface area contributed by atoms with E-state index in [0.717, 1.165) is 66.9 Å². The second-order valence-corrected chi connectivity index (χ2v) is 18.9. The van der Waals surface area contributed by atoms with Gasteiger partial charge in [0.15, 0.2) is 0 Å². The average Bonchev–Trinajstić information content (AvgIpc) is 3.98. The summed E-state index contributed by atoms with van der Waals surface area (Å²) >= 11 is 0. The van der Waals surface area contributed by atoms with E-state index < -0.39 is 26.0 Å². The van der Waals surface area contributed by atoms with E-state index in [2.05, 4.69) is 121 Å². The Balaban J connectivity index is 0.00000688. The smallest absolute Gasteiger partial charge is 0.135 e. The van der Waals surface area contributed by atoms with Crippen molar-refractivity contribution in [2.45, 2.75) is 60.1 Å². The van der Waals surface area contributed by atoms with Crippen molar-refractivity contribution in [3.8, 4) is 50.7 Å². The Morgan fingerprint density at radius 2 is 1.31 bits per heavy atom. The van der Waals surface area contributed by atoms with E-state index in [-0.39, 0.29) is 43.2 Å². The topological polar surface area (TPSA) is 33.5 Å². The third-order valence-electron chi connectivity index (χ3n) is 12.7. The van der Waals surface area contributed by atoms with Gasteiger partial charge >= 0.3 is 0 Å². The van der Waals surface area contributed by atoms with Crippen LogP contribution in [0, 0.1) is 38.4 Å². The number of hydrogen-bond acceptors (Lipinski definition) is 4. The summed E-state index contributed by atoms with van der Waals surface area (Å²) in [6.07, 6.45) is -0.302. The molecule has 350 valence electrons. The number of para-hydroxylation sites is 4. The van der Waals surface area contributed by atoms with Gasteiger partial charge in [-0.2, -0.15) is 12.1 Å². The van der Waals surface area contributed by atoms with Gasteiger partial charge in [0, 0.05) is 83.4 Å². The minimum absolute atomic E-state index is 0. The van der Waals surface area contributed by atoms with Crippen molar-refractivity contribution in [1.82, 2.24) is 9.55 Å². The van der Waals surface area contributed by atoms with Crippen LogP contribution in [0.25, 0.3) is 61.0 Å². The molecule has 0 atom stereocenters. The molecule has 3 heterocycles. The van der Waals surface area contributed by atoms with E-state index >= 15 is 0 Å². The zero-order valence-corrected chi connectivity index (χ0v) is 41.8. The molecule has 0 fully saturated rings. The van der Waals surface area contributed by atoms with Crippen LogP contribution < -0.4 is 14.5 Å². The molecule has 5 nitrogen and oxygen atoms in total. The maximum absolute atomic E-state index is 8.78. The first-order valence-electron chi connectivity index (χ1n) is 27.3. The second kappa shape index (κ2) is 18.9. The zero-order valence-electron chi connectivity index (χ0n) is 47.5. The largest absolute Gasteiger partial charge is 0.509 e. The van der Waals surface area contributed by atoms with Crippen molar-refractivity contribution in [2.24, 2.45) is 5.92 Å². The van der Waals surface area contributed by atoms with E-state index in [1.165, 1.54) is 17.8 Å². The van der Waals surface area contributed by atoms with Gasteiger partial charge in [-0.15, -0.1) is 48.1 Å². The third-order valence-corrected chi connectivity index (χ3v) is 12.7. The van der Waals surface area contributed by atoms with Gasteiger partial charge in [-0.3, -0.25) is 0 Å². The number of fused-ring (bicyclic) bond motifs is 4. The predicted molar refractivity (Wildman–Crippen MR) is 287 cm³/mol. The molecule has 70 heavy (non-hydrogen) atoms. The van der Waals surface area contributed by atoms with Crippen LogP contribution in [-0.4, -0.2) is 9.55 Å². The van der Waals surface area contributed by atoms with Crippen molar-refractivity contribution in [1.29, 1.82) is 0 Å². The Hall–Kier alpha value is -7.20. The summed E-state index contributed by atoms with van der Waals surface area (Å²) in [5.41, 5.74) is 12.2. The molecule has 0 aliphatic carbocycles. The number of rotatable bonds is 10. The fourth-order valence-corrected chi connectivity index (χ4v) is 9.37. The molecule has 0 saturated heterocycles. The van der Waals surface area contributed by atoms with Gasteiger partial charge in [-0.1, -0.05) is 155 Å². The molecule has 11 rings (SSSR count). The van der Waals surface area contributed by atoms with Gasteiger partial charge in [0.25, 0.3) is 0 Å². The Bertz CT molecular complexity index is 3860. The van der Waals surface area contributed by atoms with E-state index in [0.29, 0.717) is 28.4 Å². The molecule has 0 amide bonds. The minimum Gasteiger partial charge on any atom is -0.509 e. The van der Waals surface area contributed by atoms with Gasteiger partial charge in [0.1, 0.15) is 5.82 Å². The number of benzene rings is 8. The van der Waals surface area contributed by atoms with Crippen LogP contribution in [0.4, 0.5) is 22.7 Å². The number of ether oxygens (including phenoxy) is 1. The zero-order chi connectivity index (χ0) is 54.2. The van der Waals surface area contributed by atoms with Gasteiger partial charge < -0.3 is 19.1 Å². The van der Waals surface area contributed by atoms with Crippen LogP contribution in [0.1, 0.15) is 67.8 Å². The molecule has 1 aliphatic rings. The molecule has 0 saturated carbocycles. The Morgan fingerprint density at radius 3 is 2.04 bits per heavy atom. The van der Waals surface area contributed by atoms with Crippen LogP contribution in [0.5, 0.6) is 11.5 Å². The summed E-state index contributed by atoms with van der Waals surface area (Å²) in [5.74, 6) is 0.951. The fourth-order valence-electron chi connectivity index (χ4n) is 9.37. The number of pyridine rings is 1. The molecular formula is C64H55N4OPt-3. The third kappa shape index (κ3) is 8.84. The fraction of sp³-hybridized carbons (Fsp3) is 0.156. The Kier molecular flexibility index (Phi) is 10.2. The molecule has 1 aliphatic heterocycles. The van der Waals surface area contributed by atoms with Crippen LogP contribution in [0.2, 0.25) is 0 Å². The molecule has 2 aromatic heterocycles. The van der Waals surface area contributed by atoms with Crippen molar-refractivity contribution in [2.75, 3.05) is 9.80 Å².